The van der Waals surface area contributed by atoms with Crippen molar-refractivity contribution in [1.29, 1.82) is 0 Å². The highest BCUT2D eigenvalue weighted by Gasteiger charge is 2.06. The highest BCUT2D eigenvalue weighted by atomic mass is 32.2. The summed E-state index contributed by atoms with van der Waals surface area (Å²) in [5, 5.41) is 5.68. The first-order chi connectivity index (χ1) is 9.43. The highest BCUT2D eigenvalue weighted by Crippen LogP contribution is 2.09. The van der Waals surface area contributed by atoms with Crippen molar-refractivity contribution in [3.8, 4) is 0 Å². The summed E-state index contributed by atoms with van der Waals surface area (Å²) in [6, 6.07) is 6.58. The quantitative estimate of drug-likeness (QED) is 0.657. The normalized spacial score (nSPS) is 11.3. The predicted octanol–water partition coefficient (Wildman–Crippen LogP) is -0.0577. The Hall–Kier alpha value is -1.44. The van der Waals surface area contributed by atoms with E-state index >= 15 is 0 Å². The van der Waals surface area contributed by atoms with Crippen LogP contribution in [0.1, 0.15) is 5.56 Å². The molecule has 0 fully saturated rings. The standard InChI is InChI=1S/C13H20N2O4S/c1-19-8-7-15-13(16)10-14-9-11-3-5-12(6-4-11)20(2,17)18/h3-6,14H,7-10H2,1-2H3,(H,15,16). The zero-order chi connectivity index (χ0) is 15.0. The number of rotatable bonds is 8. The van der Waals surface area contributed by atoms with Crippen LogP contribution in [0.2, 0.25) is 0 Å². The van der Waals surface area contributed by atoms with Gasteiger partial charge in [-0.3, -0.25) is 4.79 Å². The van der Waals surface area contributed by atoms with Crippen molar-refractivity contribution < 1.29 is 17.9 Å². The lowest BCUT2D eigenvalue weighted by Crippen LogP contribution is -2.35. The van der Waals surface area contributed by atoms with Crippen LogP contribution in [0.3, 0.4) is 0 Å². The van der Waals surface area contributed by atoms with Gasteiger partial charge >= 0.3 is 0 Å². The molecular weight excluding hydrogens is 280 g/mol. The second-order valence-corrected chi connectivity index (χ2v) is 6.38. The van der Waals surface area contributed by atoms with E-state index in [-0.39, 0.29) is 12.5 Å². The van der Waals surface area contributed by atoms with Crippen molar-refractivity contribution in [2.24, 2.45) is 0 Å². The van der Waals surface area contributed by atoms with Crippen LogP contribution in [0.25, 0.3) is 0 Å². The molecule has 7 heteroatoms. The van der Waals surface area contributed by atoms with Gasteiger partial charge in [-0.1, -0.05) is 12.1 Å². The number of ether oxygens (including phenoxy) is 1. The fourth-order valence-corrected chi connectivity index (χ4v) is 2.16. The molecular formula is C13H20N2O4S. The summed E-state index contributed by atoms with van der Waals surface area (Å²) in [7, 11) is -1.59. The molecule has 6 nitrogen and oxygen atoms in total. The van der Waals surface area contributed by atoms with E-state index in [1.165, 1.54) is 6.26 Å². The number of hydrogen-bond donors (Lipinski definition) is 2. The first-order valence-corrected chi connectivity index (χ1v) is 8.08. The third kappa shape index (κ3) is 6.14. The van der Waals surface area contributed by atoms with E-state index in [0.29, 0.717) is 24.6 Å². The predicted molar refractivity (Wildman–Crippen MR) is 76.1 cm³/mol. The van der Waals surface area contributed by atoms with Crippen LogP contribution < -0.4 is 10.6 Å². The molecule has 0 unspecified atom stereocenters. The van der Waals surface area contributed by atoms with Gasteiger partial charge in [0.25, 0.3) is 0 Å². The number of benzene rings is 1. The van der Waals surface area contributed by atoms with Gasteiger partial charge in [-0.15, -0.1) is 0 Å². The smallest absolute Gasteiger partial charge is 0.234 e. The maximum Gasteiger partial charge on any atom is 0.234 e. The summed E-state index contributed by atoms with van der Waals surface area (Å²) in [6.45, 7) is 1.68. The van der Waals surface area contributed by atoms with Crippen molar-refractivity contribution in [3.05, 3.63) is 29.8 Å². The van der Waals surface area contributed by atoms with Gasteiger partial charge in [0.05, 0.1) is 18.0 Å². The van der Waals surface area contributed by atoms with Gasteiger partial charge in [0.2, 0.25) is 5.91 Å². The number of carbonyl (C=O) groups excluding carboxylic acids is 1. The van der Waals surface area contributed by atoms with Gasteiger partial charge in [-0.05, 0) is 17.7 Å². The van der Waals surface area contributed by atoms with Crippen LogP contribution in [0.4, 0.5) is 0 Å². The average molecular weight is 300 g/mol. The van der Waals surface area contributed by atoms with Gasteiger partial charge < -0.3 is 15.4 Å². The van der Waals surface area contributed by atoms with E-state index in [1.807, 2.05) is 0 Å². The Morgan fingerprint density at radius 1 is 1.25 bits per heavy atom. The zero-order valence-electron chi connectivity index (χ0n) is 11.7. The summed E-state index contributed by atoms with van der Waals surface area (Å²) < 4.78 is 27.4. The number of sulfone groups is 1. The number of amides is 1. The molecule has 0 heterocycles. The van der Waals surface area contributed by atoms with E-state index in [9.17, 15) is 13.2 Å². The Morgan fingerprint density at radius 3 is 2.45 bits per heavy atom. The monoisotopic (exact) mass is 300 g/mol. The number of hydrogen-bond acceptors (Lipinski definition) is 5. The minimum Gasteiger partial charge on any atom is -0.383 e. The zero-order valence-corrected chi connectivity index (χ0v) is 12.5. The minimum atomic E-state index is -3.16. The van der Waals surface area contributed by atoms with Crippen LogP contribution in [-0.4, -0.2) is 47.4 Å². The lowest BCUT2D eigenvalue weighted by atomic mass is 10.2. The summed E-state index contributed by atoms with van der Waals surface area (Å²) in [5.74, 6) is -0.102. The molecule has 0 spiro atoms. The van der Waals surface area contributed by atoms with E-state index in [1.54, 1.807) is 31.4 Å². The van der Waals surface area contributed by atoms with E-state index < -0.39 is 9.84 Å². The molecule has 0 aliphatic heterocycles. The molecule has 112 valence electrons. The van der Waals surface area contributed by atoms with Crippen molar-refractivity contribution in [1.82, 2.24) is 10.6 Å². The maximum absolute atomic E-state index is 11.4. The SMILES string of the molecule is COCCNC(=O)CNCc1ccc(S(C)(=O)=O)cc1. The lowest BCUT2D eigenvalue weighted by Gasteiger charge is -2.07. The minimum absolute atomic E-state index is 0.102. The molecule has 20 heavy (non-hydrogen) atoms. The number of carbonyl (C=O) groups is 1. The van der Waals surface area contributed by atoms with Crippen molar-refractivity contribution in [2.75, 3.05) is 33.1 Å². The molecule has 1 aromatic rings. The Bertz CT molecular complexity index is 526. The first-order valence-electron chi connectivity index (χ1n) is 6.19. The molecule has 2 N–H and O–H groups in total. The maximum atomic E-state index is 11.4. The molecule has 0 aliphatic carbocycles. The molecule has 1 amide bonds. The average Bonchev–Trinajstić information content (AvgIpc) is 2.38. The summed E-state index contributed by atoms with van der Waals surface area (Å²) >= 11 is 0. The van der Waals surface area contributed by atoms with Crippen molar-refractivity contribution >= 4 is 15.7 Å². The second kappa shape index (κ2) is 7.98. The summed E-state index contributed by atoms with van der Waals surface area (Å²) in [6.07, 6.45) is 1.17. The molecule has 0 aliphatic rings. The van der Waals surface area contributed by atoms with Crippen LogP contribution in [0, 0.1) is 0 Å². The Balaban J connectivity index is 2.34. The van der Waals surface area contributed by atoms with Crippen LogP contribution in [0.5, 0.6) is 0 Å². The van der Waals surface area contributed by atoms with Gasteiger partial charge in [0.1, 0.15) is 0 Å². The second-order valence-electron chi connectivity index (χ2n) is 4.36. The van der Waals surface area contributed by atoms with Gasteiger partial charge in [0, 0.05) is 26.5 Å². The molecule has 0 aromatic heterocycles. The Labute approximate surface area is 119 Å². The molecule has 0 saturated carbocycles. The van der Waals surface area contributed by atoms with E-state index in [4.69, 9.17) is 4.74 Å². The van der Waals surface area contributed by atoms with Crippen LogP contribution >= 0.6 is 0 Å². The molecule has 0 radical (unpaired) electrons. The topological polar surface area (TPSA) is 84.5 Å². The fraction of sp³-hybridized carbons (Fsp3) is 0.462. The lowest BCUT2D eigenvalue weighted by molar-refractivity contribution is -0.120. The molecule has 1 aromatic carbocycles. The Kier molecular flexibility index (Phi) is 6.63. The van der Waals surface area contributed by atoms with Gasteiger partial charge in [-0.2, -0.15) is 0 Å². The third-order valence-corrected chi connectivity index (χ3v) is 3.72. The number of nitrogens with one attached hydrogen (secondary N) is 2. The molecule has 0 saturated heterocycles. The largest absolute Gasteiger partial charge is 0.383 e. The molecule has 0 bridgehead atoms. The summed E-state index contributed by atoms with van der Waals surface area (Å²) in [5.41, 5.74) is 0.919. The number of methoxy groups -OCH3 is 1. The van der Waals surface area contributed by atoms with Crippen molar-refractivity contribution in [3.63, 3.8) is 0 Å². The molecule has 0 atom stereocenters. The van der Waals surface area contributed by atoms with Crippen molar-refractivity contribution in [2.45, 2.75) is 11.4 Å². The fourth-order valence-electron chi connectivity index (χ4n) is 1.53. The third-order valence-electron chi connectivity index (χ3n) is 2.59. The molecule has 1 rings (SSSR count). The van der Waals surface area contributed by atoms with Gasteiger partial charge in [-0.25, -0.2) is 8.42 Å². The van der Waals surface area contributed by atoms with Crippen LogP contribution in [0.15, 0.2) is 29.2 Å². The highest BCUT2D eigenvalue weighted by molar-refractivity contribution is 7.90. The van der Waals surface area contributed by atoms with E-state index in [0.717, 1.165) is 5.56 Å². The Morgan fingerprint density at radius 2 is 1.90 bits per heavy atom. The summed E-state index contributed by atoms with van der Waals surface area (Å²) in [4.78, 5) is 11.7. The van der Waals surface area contributed by atoms with E-state index in [2.05, 4.69) is 10.6 Å². The van der Waals surface area contributed by atoms with Crippen LogP contribution in [-0.2, 0) is 25.9 Å². The first kappa shape index (κ1) is 16.6. The van der Waals surface area contributed by atoms with Gasteiger partial charge in [0.15, 0.2) is 9.84 Å².